The Morgan fingerprint density at radius 2 is 2.33 bits per heavy atom. The Hall–Kier alpha value is -1.39. The number of amides is 1. The van der Waals surface area contributed by atoms with Gasteiger partial charge in [-0.2, -0.15) is 0 Å². The van der Waals surface area contributed by atoms with Crippen LogP contribution in [0.2, 0.25) is 5.02 Å². The summed E-state index contributed by atoms with van der Waals surface area (Å²) in [4.78, 5) is 17.0. The molecule has 0 spiro atoms. The maximum absolute atomic E-state index is 11.9. The van der Waals surface area contributed by atoms with E-state index in [9.17, 15) is 4.79 Å². The normalized spacial score (nSPS) is 10.3. The third kappa shape index (κ3) is 2.89. The van der Waals surface area contributed by atoms with E-state index in [1.165, 1.54) is 16.6 Å². The van der Waals surface area contributed by atoms with E-state index in [4.69, 9.17) is 11.6 Å². The minimum atomic E-state index is -0.169. The van der Waals surface area contributed by atoms with Crippen molar-refractivity contribution < 1.29 is 4.79 Å². The minimum absolute atomic E-state index is 0.169. The summed E-state index contributed by atoms with van der Waals surface area (Å²) in [5, 5.41) is 5.29. The lowest BCUT2D eigenvalue weighted by molar-refractivity contribution is 0.0951. The average molecular weight is 281 g/mol. The number of thiophene rings is 1. The quantitative estimate of drug-likeness (QED) is 0.934. The summed E-state index contributed by atoms with van der Waals surface area (Å²) in [6.07, 6.45) is 4.01. The van der Waals surface area contributed by atoms with E-state index in [-0.39, 0.29) is 5.91 Å². The van der Waals surface area contributed by atoms with Gasteiger partial charge in [0, 0.05) is 17.3 Å². The van der Waals surface area contributed by atoms with Crippen LogP contribution in [-0.2, 0) is 13.0 Å². The van der Waals surface area contributed by atoms with Crippen LogP contribution in [0.3, 0.4) is 0 Å². The van der Waals surface area contributed by atoms with E-state index in [0.29, 0.717) is 17.1 Å². The highest BCUT2D eigenvalue weighted by Gasteiger charge is 2.10. The molecule has 0 saturated heterocycles. The van der Waals surface area contributed by atoms with Crippen LogP contribution < -0.4 is 5.32 Å². The van der Waals surface area contributed by atoms with E-state index in [1.807, 2.05) is 5.38 Å². The summed E-state index contributed by atoms with van der Waals surface area (Å²) < 4.78 is 0. The van der Waals surface area contributed by atoms with Crippen LogP contribution in [0.15, 0.2) is 29.9 Å². The number of pyridine rings is 1. The van der Waals surface area contributed by atoms with Gasteiger partial charge in [-0.25, -0.2) is 0 Å². The van der Waals surface area contributed by atoms with Crippen molar-refractivity contribution in [2.24, 2.45) is 0 Å². The first-order valence-electron chi connectivity index (χ1n) is 5.65. The molecular weight excluding hydrogens is 268 g/mol. The third-order valence-corrected chi connectivity index (χ3v) is 3.91. The summed E-state index contributed by atoms with van der Waals surface area (Å²) in [7, 11) is 0. The van der Waals surface area contributed by atoms with Gasteiger partial charge < -0.3 is 5.32 Å². The Morgan fingerprint density at radius 3 is 3.06 bits per heavy atom. The van der Waals surface area contributed by atoms with Crippen molar-refractivity contribution in [1.29, 1.82) is 0 Å². The van der Waals surface area contributed by atoms with Gasteiger partial charge in [0.05, 0.1) is 17.1 Å². The largest absolute Gasteiger partial charge is 0.347 e. The van der Waals surface area contributed by atoms with Crippen molar-refractivity contribution in [1.82, 2.24) is 10.3 Å². The lowest BCUT2D eigenvalue weighted by Gasteiger charge is -2.06. The van der Waals surface area contributed by atoms with E-state index < -0.39 is 0 Å². The SMILES string of the molecule is CCc1ccsc1CNC(=O)c1ccncc1Cl. The van der Waals surface area contributed by atoms with Gasteiger partial charge in [-0.3, -0.25) is 9.78 Å². The number of carbonyl (C=O) groups excluding carboxylic acids is 1. The molecule has 1 amide bonds. The predicted molar refractivity (Wildman–Crippen MR) is 74.1 cm³/mol. The molecule has 0 aliphatic rings. The number of carbonyl (C=O) groups is 1. The molecule has 2 aromatic rings. The third-order valence-electron chi connectivity index (χ3n) is 2.65. The lowest BCUT2D eigenvalue weighted by Crippen LogP contribution is -2.23. The van der Waals surface area contributed by atoms with E-state index in [1.54, 1.807) is 23.6 Å². The molecule has 2 rings (SSSR count). The van der Waals surface area contributed by atoms with Crippen LogP contribution in [0, 0.1) is 0 Å². The standard InChI is InChI=1S/C13H13ClN2OS/c1-2-9-4-6-18-12(9)8-16-13(17)10-3-5-15-7-11(10)14/h3-7H,2,8H2,1H3,(H,16,17). The van der Waals surface area contributed by atoms with Gasteiger partial charge in [0.2, 0.25) is 0 Å². The number of nitrogens with zero attached hydrogens (tertiary/aromatic N) is 1. The molecular formula is C13H13ClN2OS. The summed E-state index contributed by atoms with van der Waals surface area (Å²) in [5.41, 5.74) is 1.74. The lowest BCUT2D eigenvalue weighted by atomic mass is 10.2. The molecule has 0 bridgehead atoms. The molecule has 0 saturated carbocycles. The smallest absolute Gasteiger partial charge is 0.253 e. The molecule has 0 fully saturated rings. The van der Waals surface area contributed by atoms with Crippen LogP contribution >= 0.6 is 22.9 Å². The highest BCUT2D eigenvalue weighted by molar-refractivity contribution is 7.10. The van der Waals surface area contributed by atoms with Crippen LogP contribution in [0.4, 0.5) is 0 Å². The van der Waals surface area contributed by atoms with Crippen molar-refractivity contribution in [3.05, 3.63) is 50.9 Å². The molecule has 94 valence electrons. The van der Waals surface area contributed by atoms with Gasteiger partial charge >= 0.3 is 0 Å². The molecule has 0 aliphatic carbocycles. The van der Waals surface area contributed by atoms with Gasteiger partial charge in [-0.15, -0.1) is 11.3 Å². The molecule has 0 radical (unpaired) electrons. The summed E-state index contributed by atoms with van der Waals surface area (Å²) in [5.74, 6) is -0.169. The Kier molecular flexibility index (Phi) is 4.33. The minimum Gasteiger partial charge on any atom is -0.347 e. The highest BCUT2D eigenvalue weighted by atomic mass is 35.5. The molecule has 1 N–H and O–H groups in total. The second kappa shape index (κ2) is 5.98. The fourth-order valence-corrected chi connectivity index (χ4v) is 2.77. The highest BCUT2D eigenvalue weighted by Crippen LogP contribution is 2.18. The first kappa shape index (κ1) is 13.1. The Balaban J connectivity index is 2.03. The number of halogens is 1. The van der Waals surface area contributed by atoms with Crippen molar-refractivity contribution >= 4 is 28.8 Å². The van der Waals surface area contributed by atoms with Gasteiger partial charge in [0.15, 0.2) is 0 Å². The zero-order valence-electron chi connectivity index (χ0n) is 9.94. The number of nitrogens with one attached hydrogen (secondary N) is 1. The molecule has 2 aromatic heterocycles. The number of rotatable bonds is 4. The van der Waals surface area contributed by atoms with Crippen LogP contribution in [0.1, 0.15) is 27.7 Å². The monoisotopic (exact) mass is 280 g/mol. The molecule has 0 aliphatic heterocycles. The van der Waals surface area contributed by atoms with Gasteiger partial charge in [0.1, 0.15) is 0 Å². The first-order chi connectivity index (χ1) is 8.72. The first-order valence-corrected chi connectivity index (χ1v) is 6.91. The van der Waals surface area contributed by atoms with Crippen LogP contribution in [0.5, 0.6) is 0 Å². The molecule has 0 aromatic carbocycles. The van der Waals surface area contributed by atoms with Gasteiger partial charge in [0.25, 0.3) is 5.91 Å². The Morgan fingerprint density at radius 1 is 1.50 bits per heavy atom. The maximum atomic E-state index is 11.9. The van der Waals surface area contributed by atoms with Gasteiger partial charge in [-0.1, -0.05) is 18.5 Å². The number of hydrogen-bond donors (Lipinski definition) is 1. The van der Waals surface area contributed by atoms with Crippen molar-refractivity contribution in [2.75, 3.05) is 0 Å². The second-order valence-corrected chi connectivity index (χ2v) is 5.17. The van der Waals surface area contributed by atoms with Crippen LogP contribution in [-0.4, -0.2) is 10.9 Å². The van der Waals surface area contributed by atoms with Crippen molar-refractivity contribution in [3.8, 4) is 0 Å². The molecule has 18 heavy (non-hydrogen) atoms. The number of hydrogen-bond acceptors (Lipinski definition) is 3. The zero-order chi connectivity index (χ0) is 13.0. The molecule has 0 atom stereocenters. The maximum Gasteiger partial charge on any atom is 0.253 e. The molecule has 5 heteroatoms. The Bertz CT molecular complexity index is 553. The van der Waals surface area contributed by atoms with Crippen LogP contribution in [0.25, 0.3) is 0 Å². The fraction of sp³-hybridized carbons (Fsp3) is 0.231. The summed E-state index contributed by atoms with van der Waals surface area (Å²) >= 11 is 7.57. The van der Waals surface area contributed by atoms with Crippen molar-refractivity contribution in [3.63, 3.8) is 0 Å². The van der Waals surface area contributed by atoms with E-state index in [0.717, 1.165) is 6.42 Å². The fourth-order valence-electron chi connectivity index (χ4n) is 1.65. The van der Waals surface area contributed by atoms with E-state index in [2.05, 4.69) is 23.3 Å². The average Bonchev–Trinajstić information content (AvgIpc) is 2.84. The second-order valence-electron chi connectivity index (χ2n) is 3.76. The van der Waals surface area contributed by atoms with Gasteiger partial charge in [-0.05, 0) is 29.5 Å². The van der Waals surface area contributed by atoms with Crippen molar-refractivity contribution in [2.45, 2.75) is 19.9 Å². The number of aromatic nitrogens is 1. The molecule has 3 nitrogen and oxygen atoms in total. The molecule has 2 heterocycles. The zero-order valence-corrected chi connectivity index (χ0v) is 11.5. The number of aryl methyl sites for hydroxylation is 1. The molecule has 0 unspecified atom stereocenters. The summed E-state index contributed by atoms with van der Waals surface area (Å²) in [6, 6.07) is 3.71. The summed E-state index contributed by atoms with van der Waals surface area (Å²) in [6.45, 7) is 2.64. The predicted octanol–water partition coefficient (Wildman–Crippen LogP) is 3.29. The Labute approximate surface area is 115 Å². The topological polar surface area (TPSA) is 42.0 Å². The van der Waals surface area contributed by atoms with E-state index >= 15 is 0 Å².